The lowest BCUT2D eigenvalue weighted by atomic mass is 9.85. The number of halogens is 1. The maximum atomic E-state index is 13.2. The molecule has 1 aromatic rings. The van der Waals surface area contributed by atoms with Gasteiger partial charge in [0.15, 0.2) is 17.4 Å². The summed E-state index contributed by atoms with van der Waals surface area (Å²) in [4.78, 5) is 64.3. The Hall–Kier alpha value is -2.94. The Morgan fingerprint density at radius 1 is 1.21 bits per heavy atom. The predicted octanol–water partition coefficient (Wildman–Crippen LogP) is 3.98. The number of imide groups is 1. The molecule has 1 atom stereocenters. The highest BCUT2D eigenvalue weighted by Gasteiger charge is 2.55. The highest BCUT2D eigenvalue weighted by atomic mass is 35.5. The molecule has 9 nitrogen and oxygen atoms in total. The number of rotatable bonds is 8. The first-order valence-electron chi connectivity index (χ1n) is 10.6. The van der Waals surface area contributed by atoms with Crippen molar-refractivity contribution in [2.75, 3.05) is 11.9 Å². The van der Waals surface area contributed by atoms with E-state index in [1.165, 1.54) is 32.0 Å². The van der Waals surface area contributed by atoms with Gasteiger partial charge in [0.1, 0.15) is 0 Å². The third-order valence-corrected chi connectivity index (χ3v) is 5.29. The number of amides is 3. The minimum atomic E-state index is -1.79. The normalized spacial score (nSPS) is 16.3. The summed E-state index contributed by atoms with van der Waals surface area (Å²) >= 11 is 6.18. The Bertz CT molecular complexity index is 982. The van der Waals surface area contributed by atoms with Gasteiger partial charge in [-0.1, -0.05) is 45.7 Å². The Morgan fingerprint density at radius 2 is 1.85 bits per heavy atom. The van der Waals surface area contributed by atoms with Crippen molar-refractivity contribution < 1.29 is 33.4 Å². The zero-order valence-corrected chi connectivity index (χ0v) is 20.4. The van der Waals surface area contributed by atoms with Crippen LogP contribution in [0.3, 0.4) is 0 Å². The van der Waals surface area contributed by atoms with E-state index < -0.39 is 46.7 Å². The summed E-state index contributed by atoms with van der Waals surface area (Å²) in [6, 6.07) is 2.35. The molecule has 0 aromatic heterocycles. The summed E-state index contributed by atoms with van der Waals surface area (Å²) in [5, 5.41) is 2.56. The fraction of sp³-hybridized carbons (Fsp3) is 0.522. The summed E-state index contributed by atoms with van der Waals surface area (Å²) < 4.78 is 10.2. The number of ether oxygens (including phenoxy) is 2. The van der Waals surface area contributed by atoms with Crippen molar-refractivity contribution in [2.45, 2.75) is 66.0 Å². The molecule has 1 N–H and O–H groups in total. The number of esters is 1. The van der Waals surface area contributed by atoms with Crippen LogP contribution in [-0.4, -0.2) is 52.8 Å². The van der Waals surface area contributed by atoms with Crippen molar-refractivity contribution >= 4 is 46.9 Å². The van der Waals surface area contributed by atoms with Gasteiger partial charge in [-0.05, 0) is 38.5 Å². The molecular formula is C23H29ClN2O7. The van der Waals surface area contributed by atoms with Crippen LogP contribution in [0.2, 0.25) is 5.02 Å². The fourth-order valence-electron chi connectivity index (χ4n) is 3.01. The van der Waals surface area contributed by atoms with Crippen molar-refractivity contribution in [3.8, 4) is 0 Å². The van der Waals surface area contributed by atoms with Gasteiger partial charge in [-0.15, -0.1) is 0 Å². The van der Waals surface area contributed by atoms with E-state index in [4.69, 9.17) is 21.1 Å². The van der Waals surface area contributed by atoms with E-state index in [9.17, 15) is 24.0 Å². The molecule has 180 valence electrons. The molecule has 1 unspecified atom stereocenters. The second-order valence-corrected chi connectivity index (χ2v) is 9.65. The molecule has 10 heteroatoms. The third kappa shape index (κ3) is 5.90. The monoisotopic (exact) mass is 480 g/mol. The van der Waals surface area contributed by atoms with Crippen LogP contribution in [0.5, 0.6) is 0 Å². The molecule has 0 saturated carbocycles. The van der Waals surface area contributed by atoms with Gasteiger partial charge in [-0.2, -0.15) is 0 Å². The van der Waals surface area contributed by atoms with E-state index in [0.29, 0.717) is 11.3 Å². The molecule has 1 heterocycles. The van der Waals surface area contributed by atoms with Gasteiger partial charge in [0, 0.05) is 5.41 Å². The van der Waals surface area contributed by atoms with Gasteiger partial charge >= 0.3 is 12.1 Å². The summed E-state index contributed by atoms with van der Waals surface area (Å²) in [5.74, 6) is -3.05. The van der Waals surface area contributed by atoms with E-state index in [1.807, 2.05) is 6.92 Å². The molecule has 1 fully saturated rings. The first-order valence-corrected chi connectivity index (χ1v) is 11.0. The zero-order chi connectivity index (χ0) is 25.1. The van der Waals surface area contributed by atoms with Gasteiger partial charge in [-0.3, -0.25) is 14.4 Å². The Morgan fingerprint density at radius 3 is 2.36 bits per heavy atom. The number of carbonyl (C=O) groups is 5. The van der Waals surface area contributed by atoms with Crippen LogP contribution < -0.4 is 5.32 Å². The number of hydrogen-bond donors (Lipinski definition) is 1. The molecule has 0 spiro atoms. The summed E-state index contributed by atoms with van der Waals surface area (Å²) in [5.41, 5.74) is -2.42. The number of ketones is 1. The average molecular weight is 481 g/mol. The molecule has 2 rings (SSSR count). The van der Waals surface area contributed by atoms with Crippen LogP contribution >= 0.6 is 11.6 Å². The second kappa shape index (κ2) is 9.91. The SMILES string of the molecule is CCCCOC(=O)c1ccc(Cl)c(NC(=O)C(C(=O)C(C)(C)C)N2C(=O)OC(C)(C)C2=O)c1. The van der Waals surface area contributed by atoms with Crippen molar-refractivity contribution in [3.63, 3.8) is 0 Å². The van der Waals surface area contributed by atoms with E-state index >= 15 is 0 Å². The van der Waals surface area contributed by atoms with Crippen molar-refractivity contribution in [1.29, 1.82) is 0 Å². The second-order valence-electron chi connectivity index (χ2n) is 9.24. The smallest absolute Gasteiger partial charge is 0.418 e. The van der Waals surface area contributed by atoms with Crippen LogP contribution in [-0.2, 0) is 23.9 Å². The van der Waals surface area contributed by atoms with Gasteiger partial charge in [0.2, 0.25) is 0 Å². The lowest BCUT2D eigenvalue weighted by Crippen LogP contribution is -2.55. The molecule has 3 amide bonds. The van der Waals surface area contributed by atoms with Crippen LogP contribution in [0.4, 0.5) is 10.5 Å². The quantitative estimate of drug-likeness (QED) is 0.339. The molecule has 0 radical (unpaired) electrons. The van der Waals surface area contributed by atoms with Crippen LogP contribution in [0.1, 0.15) is 64.7 Å². The summed E-state index contributed by atoms with van der Waals surface area (Å²) in [6.45, 7) is 9.63. The highest BCUT2D eigenvalue weighted by molar-refractivity contribution is 6.34. The summed E-state index contributed by atoms with van der Waals surface area (Å²) in [6.07, 6.45) is 0.463. The number of cyclic esters (lactones) is 1. The number of hydrogen-bond acceptors (Lipinski definition) is 7. The molecule has 33 heavy (non-hydrogen) atoms. The van der Waals surface area contributed by atoms with Gasteiger partial charge in [0.25, 0.3) is 11.8 Å². The highest BCUT2D eigenvalue weighted by Crippen LogP contribution is 2.31. The minimum absolute atomic E-state index is 0.0255. The molecule has 1 saturated heterocycles. The molecule has 0 aliphatic carbocycles. The first-order chi connectivity index (χ1) is 15.2. The fourth-order valence-corrected chi connectivity index (χ4v) is 3.18. The van der Waals surface area contributed by atoms with Crippen molar-refractivity contribution in [1.82, 2.24) is 4.90 Å². The first kappa shape index (κ1) is 26.3. The number of Topliss-reactive ketones (excluding diaryl/α,β-unsaturated/α-hetero) is 1. The van der Waals surface area contributed by atoms with Gasteiger partial charge in [-0.25, -0.2) is 14.5 Å². The maximum Gasteiger partial charge on any atom is 0.418 e. The molecular weight excluding hydrogens is 452 g/mol. The Balaban J connectivity index is 2.38. The van der Waals surface area contributed by atoms with E-state index in [2.05, 4.69) is 5.32 Å². The number of nitrogens with one attached hydrogen (secondary N) is 1. The van der Waals surface area contributed by atoms with Gasteiger partial charge in [0.05, 0.1) is 22.9 Å². The predicted molar refractivity (Wildman–Crippen MR) is 121 cm³/mol. The van der Waals surface area contributed by atoms with E-state index in [-0.39, 0.29) is 22.9 Å². The van der Waals surface area contributed by atoms with Crippen LogP contribution in [0, 0.1) is 5.41 Å². The topological polar surface area (TPSA) is 119 Å². The molecule has 1 aromatic carbocycles. The Kier molecular flexibility index (Phi) is 7.90. The molecule has 1 aliphatic heterocycles. The van der Waals surface area contributed by atoms with E-state index in [1.54, 1.807) is 20.8 Å². The number of benzene rings is 1. The lowest BCUT2D eigenvalue weighted by Gasteiger charge is -2.28. The maximum absolute atomic E-state index is 13.2. The van der Waals surface area contributed by atoms with Gasteiger partial charge < -0.3 is 14.8 Å². The van der Waals surface area contributed by atoms with Crippen molar-refractivity contribution in [3.05, 3.63) is 28.8 Å². The average Bonchev–Trinajstić information content (AvgIpc) is 2.90. The van der Waals surface area contributed by atoms with Crippen LogP contribution in [0.25, 0.3) is 0 Å². The number of carbonyl (C=O) groups excluding carboxylic acids is 5. The van der Waals surface area contributed by atoms with E-state index in [0.717, 1.165) is 6.42 Å². The largest absolute Gasteiger partial charge is 0.462 e. The third-order valence-electron chi connectivity index (χ3n) is 4.96. The number of unbranched alkanes of at least 4 members (excludes halogenated alkanes) is 1. The number of nitrogens with zero attached hydrogens (tertiary/aromatic N) is 1. The van der Waals surface area contributed by atoms with Crippen molar-refractivity contribution in [2.24, 2.45) is 5.41 Å². The molecule has 0 bridgehead atoms. The molecule has 1 aliphatic rings. The number of anilines is 1. The lowest BCUT2D eigenvalue weighted by molar-refractivity contribution is -0.145. The zero-order valence-electron chi connectivity index (χ0n) is 19.6. The Labute approximate surface area is 197 Å². The summed E-state index contributed by atoms with van der Waals surface area (Å²) in [7, 11) is 0. The minimum Gasteiger partial charge on any atom is -0.462 e. The van der Waals surface area contributed by atoms with Crippen LogP contribution in [0.15, 0.2) is 18.2 Å². The standard InChI is InChI=1S/C23H29ClN2O7/c1-7-8-11-32-19(29)13-9-10-14(24)15(12-13)25-18(28)16(17(27)22(2,3)4)26-20(30)23(5,6)33-21(26)31/h9-10,12,16H,7-8,11H2,1-6H3,(H,25,28).